The molecule has 1 aromatic heterocycles. The van der Waals surface area contributed by atoms with Crippen LogP contribution in [0.2, 0.25) is 4.34 Å². The van der Waals surface area contributed by atoms with E-state index < -0.39 is 6.10 Å². The van der Waals surface area contributed by atoms with E-state index in [-0.39, 0.29) is 0 Å². The number of hydrogen-bond acceptors (Lipinski definition) is 3. The zero-order valence-electron chi connectivity index (χ0n) is 9.72. The fourth-order valence-electron chi connectivity index (χ4n) is 1.60. The largest absolute Gasteiger partial charge is 0.381 e. The highest BCUT2D eigenvalue weighted by Crippen LogP contribution is 2.29. The number of aliphatic hydroxyl groups is 1. The van der Waals surface area contributed by atoms with Crippen molar-refractivity contribution in [2.24, 2.45) is 0 Å². The first-order valence-corrected chi connectivity index (χ1v) is 6.66. The quantitative estimate of drug-likeness (QED) is 0.912. The van der Waals surface area contributed by atoms with E-state index in [0.717, 1.165) is 5.56 Å². The highest BCUT2D eigenvalue weighted by molar-refractivity contribution is 7.15. The van der Waals surface area contributed by atoms with Crippen molar-refractivity contribution in [3.05, 3.63) is 50.9 Å². The van der Waals surface area contributed by atoms with Gasteiger partial charge in [0.05, 0.1) is 6.20 Å². The van der Waals surface area contributed by atoms with Crippen molar-refractivity contribution in [3.8, 4) is 0 Å². The maximum Gasteiger partial charge on any atom is 0.131 e. The summed E-state index contributed by atoms with van der Waals surface area (Å²) in [6, 6.07) is 7.96. The number of hydrogen-bond donors (Lipinski definition) is 1. The van der Waals surface area contributed by atoms with Crippen LogP contribution in [0.4, 0.5) is 0 Å². The second kappa shape index (κ2) is 5.17. The van der Waals surface area contributed by atoms with E-state index in [1.807, 2.05) is 24.3 Å². The third-order valence-electron chi connectivity index (χ3n) is 2.65. The first-order valence-electron chi connectivity index (χ1n) is 5.47. The van der Waals surface area contributed by atoms with Crippen LogP contribution in [0.25, 0.3) is 0 Å². The van der Waals surface area contributed by atoms with Crippen molar-refractivity contribution in [3.63, 3.8) is 0 Å². The molecule has 0 radical (unpaired) electrons. The van der Waals surface area contributed by atoms with Crippen molar-refractivity contribution in [1.82, 2.24) is 4.98 Å². The standard InChI is InChI=1S/C13H14ClNOS/c1-8(2)9-3-5-10(6-4-9)12(16)13-15-7-11(14)17-13/h3-8,12,16H,1-2H3. The molecule has 0 bridgehead atoms. The van der Waals surface area contributed by atoms with Crippen LogP contribution in [0.3, 0.4) is 0 Å². The van der Waals surface area contributed by atoms with Gasteiger partial charge in [-0.3, -0.25) is 0 Å². The Morgan fingerprint density at radius 1 is 1.18 bits per heavy atom. The summed E-state index contributed by atoms with van der Waals surface area (Å²) in [5.74, 6) is 0.496. The zero-order chi connectivity index (χ0) is 12.4. The smallest absolute Gasteiger partial charge is 0.131 e. The predicted molar refractivity (Wildman–Crippen MR) is 71.7 cm³/mol. The molecule has 90 valence electrons. The van der Waals surface area contributed by atoms with Gasteiger partial charge >= 0.3 is 0 Å². The van der Waals surface area contributed by atoms with Gasteiger partial charge in [-0.25, -0.2) is 4.98 Å². The van der Waals surface area contributed by atoms with Crippen LogP contribution < -0.4 is 0 Å². The summed E-state index contributed by atoms with van der Waals surface area (Å²) in [5.41, 5.74) is 2.11. The molecule has 1 aromatic carbocycles. The highest BCUT2D eigenvalue weighted by atomic mass is 35.5. The fraction of sp³-hybridized carbons (Fsp3) is 0.308. The summed E-state index contributed by atoms with van der Waals surface area (Å²) in [6.45, 7) is 4.29. The summed E-state index contributed by atoms with van der Waals surface area (Å²) in [5, 5.41) is 10.8. The van der Waals surface area contributed by atoms with Crippen molar-refractivity contribution in [2.75, 3.05) is 0 Å². The number of nitrogens with zero attached hydrogens (tertiary/aromatic N) is 1. The number of halogens is 1. The normalized spacial score (nSPS) is 13.0. The minimum Gasteiger partial charge on any atom is -0.381 e. The van der Waals surface area contributed by atoms with Crippen molar-refractivity contribution in [1.29, 1.82) is 0 Å². The number of rotatable bonds is 3. The summed E-state index contributed by atoms with van der Waals surface area (Å²) >= 11 is 7.11. The Morgan fingerprint density at radius 3 is 2.24 bits per heavy atom. The van der Waals surface area contributed by atoms with Crippen LogP contribution in [0.15, 0.2) is 30.5 Å². The third-order valence-corrected chi connectivity index (χ3v) is 3.82. The monoisotopic (exact) mass is 267 g/mol. The van der Waals surface area contributed by atoms with E-state index in [9.17, 15) is 5.11 Å². The second-order valence-electron chi connectivity index (χ2n) is 4.23. The number of benzene rings is 1. The van der Waals surface area contributed by atoms with E-state index in [0.29, 0.717) is 15.3 Å². The molecular formula is C13H14ClNOS. The van der Waals surface area contributed by atoms with Crippen molar-refractivity contribution < 1.29 is 5.11 Å². The topological polar surface area (TPSA) is 33.1 Å². The maximum absolute atomic E-state index is 10.1. The maximum atomic E-state index is 10.1. The summed E-state index contributed by atoms with van der Waals surface area (Å²) in [6.07, 6.45) is 0.876. The molecule has 17 heavy (non-hydrogen) atoms. The lowest BCUT2D eigenvalue weighted by atomic mass is 10.0. The SMILES string of the molecule is CC(C)c1ccc(C(O)c2ncc(Cl)s2)cc1. The molecule has 0 saturated heterocycles. The Hall–Kier alpha value is -0.900. The number of thiazole rings is 1. The molecule has 4 heteroatoms. The average molecular weight is 268 g/mol. The van der Waals surface area contributed by atoms with Crippen molar-refractivity contribution in [2.45, 2.75) is 25.9 Å². The van der Waals surface area contributed by atoms with E-state index >= 15 is 0 Å². The number of aliphatic hydroxyl groups excluding tert-OH is 1. The van der Waals surface area contributed by atoms with Crippen LogP contribution in [0.1, 0.15) is 42.0 Å². The molecule has 0 saturated carbocycles. The van der Waals surface area contributed by atoms with Gasteiger partial charge in [0, 0.05) is 0 Å². The third kappa shape index (κ3) is 2.86. The van der Waals surface area contributed by atoms with Crippen LogP contribution in [0.5, 0.6) is 0 Å². The molecule has 0 aliphatic carbocycles. The highest BCUT2D eigenvalue weighted by Gasteiger charge is 2.14. The first kappa shape index (κ1) is 12.6. The molecule has 1 atom stereocenters. The zero-order valence-corrected chi connectivity index (χ0v) is 11.3. The van der Waals surface area contributed by atoms with Gasteiger partial charge < -0.3 is 5.11 Å². The van der Waals surface area contributed by atoms with Gasteiger partial charge in [0.25, 0.3) is 0 Å². The molecule has 1 N–H and O–H groups in total. The van der Waals surface area contributed by atoms with Gasteiger partial charge in [0.1, 0.15) is 15.4 Å². The molecule has 0 amide bonds. The first-order chi connectivity index (χ1) is 8.08. The second-order valence-corrected chi connectivity index (χ2v) is 5.92. The minimum atomic E-state index is -0.686. The summed E-state index contributed by atoms with van der Waals surface area (Å²) in [4.78, 5) is 4.09. The Morgan fingerprint density at radius 2 is 1.76 bits per heavy atom. The van der Waals surface area contributed by atoms with E-state index in [1.165, 1.54) is 16.9 Å². The van der Waals surface area contributed by atoms with Crippen molar-refractivity contribution >= 4 is 22.9 Å². The Balaban J connectivity index is 2.22. The lowest BCUT2D eigenvalue weighted by Gasteiger charge is -2.10. The van der Waals surface area contributed by atoms with Gasteiger partial charge in [-0.1, -0.05) is 49.7 Å². The van der Waals surface area contributed by atoms with Crippen LogP contribution in [-0.2, 0) is 0 Å². The fourth-order valence-corrected chi connectivity index (χ4v) is 2.54. The molecular weight excluding hydrogens is 254 g/mol. The predicted octanol–water partition coefficient (Wildman–Crippen LogP) is 4.00. The lowest BCUT2D eigenvalue weighted by molar-refractivity contribution is 0.220. The van der Waals surface area contributed by atoms with E-state index in [4.69, 9.17) is 11.6 Å². The Labute approximate surface area is 110 Å². The molecule has 2 nitrogen and oxygen atoms in total. The van der Waals surface area contributed by atoms with Crippen LogP contribution in [0, 0.1) is 0 Å². The van der Waals surface area contributed by atoms with Crippen LogP contribution in [-0.4, -0.2) is 10.1 Å². The molecule has 0 aliphatic heterocycles. The lowest BCUT2D eigenvalue weighted by Crippen LogP contribution is -1.99. The molecule has 2 rings (SSSR count). The van der Waals surface area contributed by atoms with Gasteiger partial charge in [-0.15, -0.1) is 11.3 Å². The molecule has 1 unspecified atom stereocenters. The van der Waals surface area contributed by atoms with Gasteiger partial charge in [0.2, 0.25) is 0 Å². The number of aromatic nitrogens is 1. The molecule has 0 spiro atoms. The molecule has 0 aliphatic rings. The summed E-state index contributed by atoms with van der Waals surface area (Å²) < 4.78 is 0.595. The molecule has 2 aromatic rings. The Kier molecular flexibility index (Phi) is 3.82. The average Bonchev–Trinajstić information content (AvgIpc) is 2.75. The Bertz CT molecular complexity index is 492. The summed E-state index contributed by atoms with van der Waals surface area (Å²) in [7, 11) is 0. The minimum absolute atomic E-state index is 0.496. The van der Waals surface area contributed by atoms with Crippen LogP contribution >= 0.6 is 22.9 Å². The van der Waals surface area contributed by atoms with Gasteiger partial charge in [-0.2, -0.15) is 0 Å². The van der Waals surface area contributed by atoms with E-state index in [2.05, 4.69) is 18.8 Å². The van der Waals surface area contributed by atoms with E-state index in [1.54, 1.807) is 6.20 Å². The molecule has 0 fully saturated rings. The molecule has 1 heterocycles. The van der Waals surface area contributed by atoms with Gasteiger partial charge in [-0.05, 0) is 17.0 Å². The van der Waals surface area contributed by atoms with Gasteiger partial charge in [0.15, 0.2) is 0 Å².